The number of methoxy groups -OCH3 is 1. The summed E-state index contributed by atoms with van der Waals surface area (Å²) in [6, 6.07) is 16.5. The summed E-state index contributed by atoms with van der Waals surface area (Å²) in [5.41, 5.74) is 2.48. The highest BCUT2D eigenvalue weighted by atomic mass is 16.5. The maximum Gasteiger partial charge on any atom is 0.127 e. The third-order valence-corrected chi connectivity index (χ3v) is 3.71. The second kappa shape index (κ2) is 4.96. The fourth-order valence-corrected chi connectivity index (χ4v) is 2.70. The first-order chi connectivity index (χ1) is 9.28. The van der Waals surface area contributed by atoms with Crippen LogP contribution in [0.25, 0.3) is 0 Å². The molecule has 0 aromatic heterocycles. The lowest BCUT2D eigenvalue weighted by molar-refractivity contribution is 0.123. The van der Waals surface area contributed by atoms with Crippen LogP contribution >= 0.6 is 0 Å². The van der Waals surface area contributed by atoms with Crippen LogP contribution in [0.4, 0.5) is 0 Å². The predicted octanol–water partition coefficient (Wildman–Crippen LogP) is 4.01. The van der Waals surface area contributed by atoms with Gasteiger partial charge in [0.2, 0.25) is 0 Å². The van der Waals surface area contributed by atoms with Crippen molar-refractivity contribution >= 4 is 0 Å². The molecule has 1 aliphatic heterocycles. The minimum atomic E-state index is 0.141. The summed E-state index contributed by atoms with van der Waals surface area (Å²) in [6.07, 6.45) is 1.16. The molecule has 1 aliphatic rings. The molecule has 0 radical (unpaired) electrons. The molecular formula is C17H18O2. The normalized spacial score (nSPS) is 21.4. The number of hydrogen-bond donors (Lipinski definition) is 0. The minimum Gasteiger partial charge on any atom is -0.497 e. The average Bonchev–Trinajstić information content (AvgIpc) is 2.47. The lowest BCUT2D eigenvalue weighted by Gasteiger charge is -2.32. The molecule has 0 amide bonds. The summed E-state index contributed by atoms with van der Waals surface area (Å²) in [5, 5.41) is 0. The second-order valence-electron chi connectivity index (χ2n) is 5.10. The Kier molecular flexibility index (Phi) is 3.16. The standard InChI is InChI=1S/C17H18O2/c1-12-10-14-11-15(18-2)8-9-16(14)19-17(12)13-6-4-3-5-7-13/h3-9,11-12,17H,10H2,1-2H3. The van der Waals surface area contributed by atoms with Crippen molar-refractivity contribution in [2.75, 3.05) is 7.11 Å². The molecule has 2 aromatic rings. The van der Waals surface area contributed by atoms with Crippen LogP contribution < -0.4 is 9.47 Å². The van der Waals surface area contributed by atoms with E-state index < -0.39 is 0 Å². The molecule has 0 saturated heterocycles. The smallest absolute Gasteiger partial charge is 0.127 e. The van der Waals surface area contributed by atoms with E-state index in [0.717, 1.165) is 17.9 Å². The van der Waals surface area contributed by atoms with Gasteiger partial charge in [0.15, 0.2) is 0 Å². The quantitative estimate of drug-likeness (QED) is 0.806. The predicted molar refractivity (Wildman–Crippen MR) is 75.7 cm³/mol. The zero-order valence-corrected chi connectivity index (χ0v) is 11.3. The summed E-state index contributed by atoms with van der Waals surface area (Å²) >= 11 is 0. The highest BCUT2D eigenvalue weighted by Gasteiger charge is 2.28. The molecule has 0 aliphatic carbocycles. The Balaban J connectivity index is 1.92. The van der Waals surface area contributed by atoms with Gasteiger partial charge in [-0.15, -0.1) is 0 Å². The van der Waals surface area contributed by atoms with Crippen LogP contribution in [-0.4, -0.2) is 7.11 Å². The number of benzene rings is 2. The van der Waals surface area contributed by atoms with Crippen LogP contribution in [0.5, 0.6) is 11.5 Å². The minimum absolute atomic E-state index is 0.141. The first-order valence-electron chi connectivity index (χ1n) is 6.66. The fourth-order valence-electron chi connectivity index (χ4n) is 2.70. The molecule has 2 heteroatoms. The SMILES string of the molecule is COc1ccc2c(c1)CC(C)C(c1ccccc1)O2. The summed E-state index contributed by atoms with van der Waals surface area (Å²) in [6.45, 7) is 2.24. The summed E-state index contributed by atoms with van der Waals surface area (Å²) < 4.78 is 11.4. The van der Waals surface area contributed by atoms with E-state index >= 15 is 0 Å². The zero-order valence-electron chi connectivity index (χ0n) is 11.3. The molecule has 0 spiro atoms. The van der Waals surface area contributed by atoms with Crippen molar-refractivity contribution in [2.45, 2.75) is 19.4 Å². The van der Waals surface area contributed by atoms with E-state index in [0.29, 0.717) is 5.92 Å². The van der Waals surface area contributed by atoms with Crippen molar-refractivity contribution in [3.63, 3.8) is 0 Å². The van der Waals surface area contributed by atoms with Gasteiger partial charge in [-0.3, -0.25) is 0 Å². The molecule has 98 valence electrons. The summed E-state index contributed by atoms with van der Waals surface area (Å²) in [5.74, 6) is 2.34. The molecular weight excluding hydrogens is 236 g/mol. The topological polar surface area (TPSA) is 18.5 Å². The lowest BCUT2D eigenvalue weighted by atomic mass is 9.88. The largest absolute Gasteiger partial charge is 0.497 e. The molecule has 1 heterocycles. The van der Waals surface area contributed by atoms with Crippen molar-refractivity contribution in [3.8, 4) is 11.5 Å². The summed E-state index contributed by atoms with van der Waals surface area (Å²) in [7, 11) is 1.70. The number of hydrogen-bond acceptors (Lipinski definition) is 2. The van der Waals surface area contributed by atoms with Crippen molar-refractivity contribution in [1.82, 2.24) is 0 Å². The Hall–Kier alpha value is -1.96. The van der Waals surface area contributed by atoms with Crippen LogP contribution in [0.1, 0.15) is 24.2 Å². The monoisotopic (exact) mass is 254 g/mol. The molecule has 2 aromatic carbocycles. The van der Waals surface area contributed by atoms with Crippen molar-refractivity contribution < 1.29 is 9.47 Å². The number of ether oxygens (including phenoxy) is 2. The van der Waals surface area contributed by atoms with Gasteiger partial charge in [0.05, 0.1) is 7.11 Å². The van der Waals surface area contributed by atoms with Gasteiger partial charge >= 0.3 is 0 Å². The second-order valence-corrected chi connectivity index (χ2v) is 5.10. The maximum absolute atomic E-state index is 6.17. The van der Waals surface area contributed by atoms with E-state index in [1.807, 2.05) is 18.2 Å². The number of fused-ring (bicyclic) bond motifs is 1. The van der Waals surface area contributed by atoms with Crippen LogP contribution in [0.2, 0.25) is 0 Å². The Morgan fingerprint density at radius 3 is 2.63 bits per heavy atom. The van der Waals surface area contributed by atoms with Gasteiger partial charge < -0.3 is 9.47 Å². The lowest BCUT2D eigenvalue weighted by Crippen LogP contribution is -2.23. The van der Waals surface area contributed by atoms with E-state index in [-0.39, 0.29) is 6.10 Å². The molecule has 19 heavy (non-hydrogen) atoms. The molecule has 0 saturated carbocycles. The number of rotatable bonds is 2. The van der Waals surface area contributed by atoms with Gasteiger partial charge in [-0.25, -0.2) is 0 Å². The first-order valence-corrected chi connectivity index (χ1v) is 6.66. The van der Waals surface area contributed by atoms with Crippen LogP contribution in [0, 0.1) is 5.92 Å². The van der Waals surface area contributed by atoms with Gasteiger partial charge in [-0.05, 0) is 35.7 Å². The molecule has 0 bridgehead atoms. The van der Waals surface area contributed by atoms with Crippen molar-refractivity contribution in [1.29, 1.82) is 0 Å². The third-order valence-electron chi connectivity index (χ3n) is 3.71. The molecule has 2 nitrogen and oxygen atoms in total. The van der Waals surface area contributed by atoms with Crippen LogP contribution in [0.3, 0.4) is 0 Å². The van der Waals surface area contributed by atoms with Gasteiger partial charge in [-0.1, -0.05) is 37.3 Å². The Labute approximate surface area is 114 Å². The van der Waals surface area contributed by atoms with E-state index in [1.54, 1.807) is 7.11 Å². The first kappa shape index (κ1) is 12.1. The van der Waals surface area contributed by atoms with Crippen molar-refractivity contribution in [2.24, 2.45) is 5.92 Å². The molecule has 2 unspecified atom stereocenters. The van der Waals surface area contributed by atoms with Gasteiger partial charge in [0, 0.05) is 5.92 Å². The molecule has 2 atom stereocenters. The fraction of sp³-hybridized carbons (Fsp3) is 0.294. The Bertz CT molecular complexity index is 563. The highest BCUT2D eigenvalue weighted by molar-refractivity contribution is 5.42. The van der Waals surface area contributed by atoms with E-state index in [4.69, 9.17) is 9.47 Å². The van der Waals surface area contributed by atoms with Gasteiger partial charge in [0.1, 0.15) is 17.6 Å². The van der Waals surface area contributed by atoms with Crippen LogP contribution in [-0.2, 0) is 6.42 Å². The third kappa shape index (κ3) is 2.30. The Morgan fingerprint density at radius 1 is 1.11 bits per heavy atom. The molecule has 0 fully saturated rings. The Morgan fingerprint density at radius 2 is 1.89 bits per heavy atom. The highest BCUT2D eigenvalue weighted by Crippen LogP contribution is 2.39. The zero-order chi connectivity index (χ0) is 13.2. The summed E-state index contributed by atoms with van der Waals surface area (Å²) in [4.78, 5) is 0. The van der Waals surface area contributed by atoms with E-state index in [1.165, 1.54) is 11.1 Å². The van der Waals surface area contributed by atoms with E-state index in [2.05, 4.69) is 37.3 Å². The van der Waals surface area contributed by atoms with Crippen molar-refractivity contribution in [3.05, 3.63) is 59.7 Å². The molecule has 0 N–H and O–H groups in total. The maximum atomic E-state index is 6.17. The molecule has 3 rings (SSSR count). The van der Waals surface area contributed by atoms with Crippen LogP contribution in [0.15, 0.2) is 48.5 Å². The van der Waals surface area contributed by atoms with Gasteiger partial charge in [-0.2, -0.15) is 0 Å². The van der Waals surface area contributed by atoms with E-state index in [9.17, 15) is 0 Å². The average molecular weight is 254 g/mol. The van der Waals surface area contributed by atoms with Gasteiger partial charge in [0.25, 0.3) is 0 Å².